The maximum Gasteiger partial charge on any atom is 0.319 e. The van der Waals surface area contributed by atoms with E-state index in [9.17, 15) is 4.79 Å². The Morgan fingerprint density at radius 2 is 2.00 bits per heavy atom. The molecule has 2 amide bonds. The van der Waals surface area contributed by atoms with Gasteiger partial charge in [0, 0.05) is 23.2 Å². The van der Waals surface area contributed by atoms with E-state index in [0.717, 1.165) is 52.1 Å². The molecule has 6 nitrogen and oxygen atoms in total. The molecular formula is C19H22N4O2. The highest BCUT2D eigenvalue weighted by atomic mass is 16.5. The summed E-state index contributed by atoms with van der Waals surface area (Å²) in [6.07, 6.45) is 1.66. The number of hydrogen-bond acceptors (Lipinski definition) is 4. The van der Waals surface area contributed by atoms with Crippen LogP contribution in [0.2, 0.25) is 0 Å². The second-order valence-corrected chi connectivity index (χ2v) is 6.11. The minimum Gasteiger partial charge on any atom is -0.361 e. The van der Waals surface area contributed by atoms with Crippen LogP contribution < -0.4 is 10.6 Å². The summed E-state index contributed by atoms with van der Waals surface area (Å²) in [7, 11) is 0. The largest absolute Gasteiger partial charge is 0.361 e. The third-order valence-electron chi connectivity index (χ3n) is 4.19. The number of aryl methyl sites for hydroxylation is 3. The fraction of sp³-hybridized carbons (Fsp3) is 0.316. The van der Waals surface area contributed by atoms with Crippen molar-refractivity contribution in [3.8, 4) is 0 Å². The van der Waals surface area contributed by atoms with Gasteiger partial charge in [-0.3, -0.25) is 4.98 Å². The van der Waals surface area contributed by atoms with E-state index in [0.29, 0.717) is 6.54 Å². The molecule has 0 spiro atoms. The summed E-state index contributed by atoms with van der Waals surface area (Å²) >= 11 is 0. The molecule has 3 rings (SSSR count). The number of urea groups is 1. The molecule has 0 aliphatic rings. The van der Waals surface area contributed by atoms with Crippen LogP contribution in [-0.2, 0) is 6.42 Å². The molecular weight excluding hydrogens is 316 g/mol. The highest BCUT2D eigenvalue weighted by Gasteiger charge is 2.09. The number of amides is 2. The SMILES string of the molecule is Cc1ccc2c(NC(=O)NCCCc3c(C)noc3C)cccc2n1. The number of rotatable bonds is 5. The van der Waals surface area contributed by atoms with E-state index in [1.165, 1.54) is 0 Å². The smallest absolute Gasteiger partial charge is 0.319 e. The second kappa shape index (κ2) is 7.34. The first-order chi connectivity index (χ1) is 12.0. The molecule has 0 bridgehead atoms. The molecule has 130 valence electrons. The van der Waals surface area contributed by atoms with Gasteiger partial charge in [0.25, 0.3) is 0 Å². The lowest BCUT2D eigenvalue weighted by Gasteiger charge is -2.10. The Kier molecular flexibility index (Phi) is 4.97. The van der Waals surface area contributed by atoms with E-state index >= 15 is 0 Å². The van der Waals surface area contributed by atoms with Gasteiger partial charge < -0.3 is 15.2 Å². The average Bonchev–Trinajstić information content (AvgIpc) is 2.90. The standard InChI is InChI=1S/C19H22N4O2/c1-12-9-10-16-17(21-12)7-4-8-18(16)22-19(24)20-11-5-6-15-13(2)23-25-14(15)3/h4,7-10H,5-6,11H2,1-3H3,(H2,20,22,24). The van der Waals surface area contributed by atoms with Crippen molar-refractivity contribution in [3.63, 3.8) is 0 Å². The molecule has 25 heavy (non-hydrogen) atoms. The lowest BCUT2D eigenvalue weighted by molar-refractivity contribution is 0.252. The first kappa shape index (κ1) is 17.0. The van der Waals surface area contributed by atoms with Gasteiger partial charge in [0.05, 0.1) is 16.9 Å². The molecule has 0 unspecified atom stereocenters. The number of benzene rings is 1. The number of pyridine rings is 1. The summed E-state index contributed by atoms with van der Waals surface area (Å²) in [5.41, 5.74) is 4.62. The molecule has 0 atom stereocenters. The van der Waals surface area contributed by atoms with Gasteiger partial charge >= 0.3 is 6.03 Å². The van der Waals surface area contributed by atoms with Gasteiger partial charge in [-0.05, 0) is 57.9 Å². The number of carbonyl (C=O) groups is 1. The van der Waals surface area contributed by atoms with Crippen LogP contribution in [0, 0.1) is 20.8 Å². The minimum absolute atomic E-state index is 0.216. The van der Waals surface area contributed by atoms with Gasteiger partial charge in [0.2, 0.25) is 0 Å². The Bertz CT molecular complexity index is 882. The van der Waals surface area contributed by atoms with Crippen molar-refractivity contribution in [2.45, 2.75) is 33.6 Å². The third-order valence-corrected chi connectivity index (χ3v) is 4.19. The van der Waals surface area contributed by atoms with Crippen LogP contribution in [0.4, 0.5) is 10.5 Å². The van der Waals surface area contributed by atoms with Crippen molar-refractivity contribution in [2.75, 3.05) is 11.9 Å². The van der Waals surface area contributed by atoms with E-state index in [2.05, 4.69) is 20.8 Å². The number of nitrogens with one attached hydrogen (secondary N) is 2. The maximum absolute atomic E-state index is 12.1. The fourth-order valence-electron chi connectivity index (χ4n) is 2.86. The minimum atomic E-state index is -0.216. The Morgan fingerprint density at radius 3 is 2.76 bits per heavy atom. The van der Waals surface area contributed by atoms with E-state index in [1.807, 2.05) is 51.1 Å². The van der Waals surface area contributed by atoms with Gasteiger partial charge in [-0.1, -0.05) is 11.2 Å². The third kappa shape index (κ3) is 3.96. The van der Waals surface area contributed by atoms with Crippen LogP contribution in [0.3, 0.4) is 0 Å². The Morgan fingerprint density at radius 1 is 1.16 bits per heavy atom. The molecule has 0 aliphatic carbocycles. The molecule has 2 N–H and O–H groups in total. The van der Waals surface area contributed by atoms with Crippen molar-refractivity contribution in [2.24, 2.45) is 0 Å². The number of aromatic nitrogens is 2. The molecule has 1 aromatic carbocycles. The molecule has 0 saturated carbocycles. The molecule has 3 aromatic rings. The molecule has 2 aromatic heterocycles. The molecule has 0 saturated heterocycles. The summed E-state index contributed by atoms with van der Waals surface area (Å²) < 4.78 is 5.15. The zero-order valence-corrected chi connectivity index (χ0v) is 14.7. The monoisotopic (exact) mass is 338 g/mol. The number of nitrogens with zero attached hydrogens (tertiary/aromatic N) is 2. The van der Waals surface area contributed by atoms with Gasteiger partial charge in [-0.2, -0.15) is 0 Å². The van der Waals surface area contributed by atoms with Gasteiger partial charge in [0.15, 0.2) is 0 Å². The zero-order chi connectivity index (χ0) is 17.8. The van der Waals surface area contributed by atoms with Crippen molar-refractivity contribution in [3.05, 3.63) is 53.0 Å². The van der Waals surface area contributed by atoms with E-state index in [-0.39, 0.29) is 6.03 Å². The van der Waals surface area contributed by atoms with Crippen molar-refractivity contribution in [1.82, 2.24) is 15.5 Å². The predicted molar refractivity (Wildman–Crippen MR) is 97.8 cm³/mol. The lowest BCUT2D eigenvalue weighted by atomic mass is 10.1. The van der Waals surface area contributed by atoms with Crippen molar-refractivity contribution < 1.29 is 9.32 Å². The highest BCUT2D eigenvalue weighted by molar-refractivity contribution is 6.00. The predicted octanol–water partition coefficient (Wildman–Crippen LogP) is 3.90. The lowest BCUT2D eigenvalue weighted by Crippen LogP contribution is -2.29. The van der Waals surface area contributed by atoms with Crippen LogP contribution in [0.15, 0.2) is 34.9 Å². The molecule has 6 heteroatoms. The topological polar surface area (TPSA) is 80.0 Å². The number of carbonyl (C=O) groups excluding carboxylic acids is 1. The Labute approximate surface area is 146 Å². The number of hydrogen-bond donors (Lipinski definition) is 2. The van der Waals surface area contributed by atoms with Crippen molar-refractivity contribution >= 4 is 22.6 Å². The Balaban J connectivity index is 1.55. The molecule has 0 aliphatic heterocycles. The van der Waals surface area contributed by atoms with Crippen LogP contribution in [0.25, 0.3) is 10.9 Å². The molecule has 0 fully saturated rings. The zero-order valence-electron chi connectivity index (χ0n) is 14.7. The van der Waals surface area contributed by atoms with Crippen LogP contribution >= 0.6 is 0 Å². The summed E-state index contributed by atoms with van der Waals surface area (Å²) in [5, 5.41) is 10.7. The van der Waals surface area contributed by atoms with Crippen LogP contribution in [-0.4, -0.2) is 22.7 Å². The van der Waals surface area contributed by atoms with E-state index in [1.54, 1.807) is 0 Å². The van der Waals surface area contributed by atoms with Gasteiger partial charge in [-0.15, -0.1) is 0 Å². The normalized spacial score (nSPS) is 10.8. The maximum atomic E-state index is 12.1. The summed E-state index contributed by atoms with van der Waals surface area (Å²) in [6.45, 7) is 6.37. The average molecular weight is 338 g/mol. The molecule has 0 radical (unpaired) electrons. The highest BCUT2D eigenvalue weighted by Crippen LogP contribution is 2.22. The van der Waals surface area contributed by atoms with E-state index < -0.39 is 0 Å². The van der Waals surface area contributed by atoms with Crippen LogP contribution in [0.5, 0.6) is 0 Å². The quantitative estimate of drug-likeness (QED) is 0.691. The first-order valence-corrected chi connectivity index (χ1v) is 8.37. The van der Waals surface area contributed by atoms with Crippen molar-refractivity contribution in [1.29, 1.82) is 0 Å². The summed E-state index contributed by atoms with van der Waals surface area (Å²) in [5.74, 6) is 0.848. The first-order valence-electron chi connectivity index (χ1n) is 8.37. The van der Waals surface area contributed by atoms with Gasteiger partial charge in [0.1, 0.15) is 5.76 Å². The van der Waals surface area contributed by atoms with E-state index in [4.69, 9.17) is 4.52 Å². The summed E-state index contributed by atoms with van der Waals surface area (Å²) in [6, 6.07) is 9.41. The van der Waals surface area contributed by atoms with Gasteiger partial charge in [-0.25, -0.2) is 4.79 Å². The second-order valence-electron chi connectivity index (χ2n) is 6.11. The number of anilines is 1. The fourth-order valence-corrected chi connectivity index (χ4v) is 2.86. The Hall–Kier alpha value is -2.89. The summed E-state index contributed by atoms with van der Waals surface area (Å²) in [4.78, 5) is 16.6. The number of fused-ring (bicyclic) bond motifs is 1. The molecule has 2 heterocycles. The van der Waals surface area contributed by atoms with Crippen LogP contribution in [0.1, 0.15) is 29.1 Å².